The van der Waals surface area contributed by atoms with E-state index >= 15 is 0 Å². The Bertz CT molecular complexity index is 502. The second-order valence-electron chi connectivity index (χ2n) is 4.95. The number of carbonyl (C=O) groups excluding carboxylic acids is 2. The molecular formula is C15H21N3O2. The number of likely N-dealkylation sites (tertiary alicyclic amines) is 1. The number of amides is 3. The topological polar surface area (TPSA) is 61.4 Å². The van der Waals surface area contributed by atoms with Crippen LogP contribution in [0.2, 0.25) is 0 Å². The molecule has 0 aromatic heterocycles. The van der Waals surface area contributed by atoms with Gasteiger partial charge in [-0.05, 0) is 37.0 Å². The molecule has 1 saturated heterocycles. The molecular weight excluding hydrogens is 254 g/mol. The van der Waals surface area contributed by atoms with Crippen LogP contribution in [0.3, 0.4) is 0 Å². The van der Waals surface area contributed by atoms with Crippen molar-refractivity contribution in [3.05, 3.63) is 29.8 Å². The Hall–Kier alpha value is -2.04. The van der Waals surface area contributed by atoms with Crippen LogP contribution in [0.25, 0.3) is 0 Å². The first-order valence-corrected chi connectivity index (χ1v) is 7.04. The number of hydrogen-bond acceptors (Lipinski definition) is 2. The Labute approximate surface area is 119 Å². The Kier molecular flexibility index (Phi) is 4.61. The molecule has 0 spiro atoms. The monoisotopic (exact) mass is 275 g/mol. The van der Waals surface area contributed by atoms with Crippen molar-refractivity contribution in [1.82, 2.24) is 10.2 Å². The number of rotatable bonds is 3. The number of nitrogens with zero attached hydrogens (tertiary/aromatic N) is 1. The lowest BCUT2D eigenvalue weighted by molar-refractivity contribution is -0.124. The minimum Gasteiger partial charge on any atom is -0.357 e. The van der Waals surface area contributed by atoms with Gasteiger partial charge in [0.2, 0.25) is 5.91 Å². The van der Waals surface area contributed by atoms with Crippen LogP contribution in [0.15, 0.2) is 24.3 Å². The third-order valence-electron chi connectivity index (χ3n) is 3.65. The predicted octanol–water partition coefficient (Wildman–Crippen LogP) is 1.99. The van der Waals surface area contributed by atoms with Crippen molar-refractivity contribution in [3.63, 3.8) is 0 Å². The highest BCUT2D eigenvalue weighted by atomic mass is 16.2. The van der Waals surface area contributed by atoms with E-state index in [2.05, 4.69) is 17.6 Å². The summed E-state index contributed by atoms with van der Waals surface area (Å²) in [6.45, 7) is 2.69. The van der Waals surface area contributed by atoms with E-state index < -0.39 is 0 Å². The fourth-order valence-corrected chi connectivity index (χ4v) is 2.51. The van der Waals surface area contributed by atoms with Gasteiger partial charge in [0.15, 0.2) is 0 Å². The summed E-state index contributed by atoms with van der Waals surface area (Å²) in [6.07, 6.45) is 2.51. The molecule has 1 aliphatic rings. The normalized spacial score (nSPS) is 17.9. The van der Waals surface area contributed by atoms with Crippen molar-refractivity contribution in [2.45, 2.75) is 32.2 Å². The van der Waals surface area contributed by atoms with Crippen LogP contribution < -0.4 is 10.6 Å². The van der Waals surface area contributed by atoms with Crippen LogP contribution in [0.1, 0.15) is 25.3 Å². The third-order valence-corrected chi connectivity index (χ3v) is 3.65. The summed E-state index contributed by atoms with van der Waals surface area (Å²) in [5.41, 5.74) is 1.95. The summed E-state index contributed by atoms with van der Waals surface area (Å²) in [4.78, 5) is 25.6. The van der Waals surface area contributed by atoms with Gasteiger partial charge in [0.1, 0.15) is 6.04 Å². The summed E-state index contributed by atoms with van der Waals surface area (Å²) < 4.78 is 0. The minimum absolute atomic E-state index is 0.0973. The van der Waals surface area contributed by atoms with Gasteiger partial charge in [-0.15, -0.1) is 0 Å². The molecule has 2 rings (SSSR count). The lowest BCUT2D eigenvalue weighted by Gasteiger charge is -2.23. The van der Waals surface area contributed by atoms with E-state index in [1.807, 2.05) is 24.3 Å². The van der Waals surface area contributed by atoms with Gasteiger partial charge in [-0.1, -0.05) is 19.1 Å². The number of benzene rings is 1. The van der Waals surface area contributed by atoms with Crippen LogP contribution in [-0.4, -0.2) is 36.5 Å². The van der Waals surface area contributed by atoms with Gasteiger partial charge in [0, 0.05) is 19.3 Å². The molecule has 3 amide bonds. The van der Waals surface area contributed by atoms with Crippen LogP contribution in [0, 0.1) is 0 Å². The maximum absolute atomic E-state index is 12.3. The average Bonchev–Trinajstić information content (AvgIpc) is 2.96. The molecule has 0 radical (unpaired) electrons. The molecule has 0 saturated carbocycles. The summed E-state index contributed by atoms with van der Waals surface area (Å²) in [7, 11) is 1.60. The number of urea groups is 1. The van der Waals surface area contributed by atoms with Crippen LogP contribution in [0.4, 0.5) is 10.5 Å². The Morgan fingerprint density at radius 2 is 2.20 bits per heavy atom. The molecule has 108 valence electrons. The van der Waals surface area contributed by atoms with Crippen molar-refractivity contribution in [1.29, 1.82) is 0 Å². The second-order valence-corrected chi connectivity index (χ2v) is 4.95. The molecule has 1 heterocycles. The van der Waals surface area contributed by atoms with Gasteiger partial charge in [-0.3, -0.25) is 4.79 Å². The largest absolute Gasteiger partial charge is 0.357 e. The van der Waals surface area contributed by atoms with Crippen LogP contribution in [-0.2, 0) is 11.2 Å². The lowest BCUT2D eigenvalue weighted by Crippen LogP contribution is -2.46. The average molecular weight is 275 g/mol. The molecule has 1 aromatic rings. The van der Waals surface area contributed by atoms with E-state index in [1.54, 1.807) is 11.9 Å². The fraction of sp³-hybridized carbons (Fsp3) is 0.467. The molecule has 1 aliphatic heterocycles. The molecule has 1 fully saturated rings. The van der Waals surface area contributed by atoms with E-state index in [0.29, 0.717) is 6.54 Å². The quantitative estimate of drug-likeness (QED) is 0.886. The minimum atomic E-state index is -0.352. The van der Waals surface area contributed by atoms with Crippen LogP contribution >= 0.6 is 0 Å². The first-order valence-electron chi connectivity index (χ1n) is 7.04. The number of aryl methyl sites for hydroxylation is 1. The van der Waals surface area contributed by atoms with Gasteiger partial charge < -0.3 is 15.5 Å². The van der Waals surface area contributed by atoms with Gasteiger partial charge in [-0.25, -0.2) is 4.79 Å². The third kappa shape index (κ3) is 3.10. The van der Waals surface area contributed by atoms with Gasteiger partial charge in [-0.2, -0.15) is 0 Å². The highest BCUT2D eigenvalue weighted by Crippen LogP contribution is 2.19. The number of carbonyl (C=O) groups is 2. The molecule has 20 heavy (non-hydrogen) atoms. The van der Waals surface area contributed by atoms with Gasteiger partial charge in [0.25, 0.3) is 0 Å². The standard InChI is InChI=1S/C15H21N3O2/c1-3-11-6-4-7-12(10-11)17-15(20)18-9-5-8-13(18)14(19)16-2/h4,6-7,10,13H,3,5,8-9H2,1-2H3,(H,16,19)(H,17,20). The van der Waals surface area contributed by atoms with Crippen molar-refractivity contribution >= 4 is 17.6 Å². The van der Waals surface area contributed by atoms with E-state index in [-0.39, 0.29) is 18.0 Å². The number of anilines is 1. The number of likely N-dealkylation sites (N-methyl/N-ethyl adjacent to an activating group) is 1. The second kappa shape index (κ2) is 6.41. The Morgan fingerprint density at radius 1 is 1.40 bits per heavy atom. The maximum Gasteiger partial charge on any atom is 0.322 e. The summed E-state index contributed by atoms with van der Waals surface area (Å²) in [5, 5.41) is 5.49. The first kappa shape index (κ1) is 14.4. The predicted molar refractivity (Wildman–Crippen MR) is 78.6 cm³/mol. The molecule has 0 aliphatic carbocycles. The summed E-state index contributed by atoms with van der Waals surface area (Å²) in [5.74, 6) is -0.0973. The van der Waals surface area contributed by atoms with Crippen molar-refractivity contribution in [3.8, 4) is 0 Å². The zero-order valence-electron chi connectivity index (χ0n) is 12.0. The lowest BCUT2D eigenvalue weighted by atomic mass is 10.1. The molecule has 5 nitrogen and oxygen atoms in total. The van der Waals surface area contributed by atoms with E-state index in [4.69, 9.17) is 0 Å². The molecule has 1 unspecified atom stereocenters. The highest BCUT2D eigenvalue weighted by molar-refractivity contribution is 5.94. The number of nitrogens with one attached hydrogen (secondary N) is 2. The summed E-state index contributed by atoms with van der Waals surface area (Å²) >= 11 is 0. The maximum atomic E-state index is 12.3. The zero-order valence-corrected chi connectivity index (χ0v) is 12.0. The van der Waals surface area contributed by atoms with E-state index in [1.165, 1.54) is 5.56 Å². The smallest absolute Gasteiger partial charge is 0.322 e. The fourth-order valence-electron chi connectivity index (χ4n) is 2.51. The van der Waals surface area contributed by atoms with Crippen molar-refractivity contribution in [2.75, 3.05) is 18.9 Å². The van der Waals surface area contributed by atoms with Crippen molar-refractivity contribution < 1.29 is 9.59 Å². The molecule has 1 atom stereocenters. The summed E-state index contributed by atoms with van der Waals surface area (Å²) in [6, 6.07) is 7.22. The zero-order chi connectivity index (χ0) is 14.5. The van der Waals surface area contributed by atoms with E-state index in [9.17, 15) is 9.59 Å². The van der Waals surface area contributed by atoms with Crippen LogP contribution in [0.5, 0.6) is 0 Å². The first-order chi connectivity index (χ1) is 9.65. The molecule has 1 aromatic carbocycles. The van der Waals surface area contributed by atoms with Gasteiger partial charge >= 0.3 is 6.03 Å². The molecule has 0 bridgehead atoms. The highest BCUT2D eigenvalue weighted by Gasteiger charge is 2.33. The van der Waals surface area contributed by atoms with E-state index in [0.717, 1.165) is 24.9 Å². The van der Waals surface area contributed by atoms with Crippen molar-refractivity contribution in [2.24, 2.45) is 0 Å². The number of hydrogen-bond donors (Lipinski definition) is 2. The SMILES string of the molecule is CCc1cccc(NC(=O)N2CCCC2C(=O)NC)c1. The Morgan fingerprint density at radius 3 is 2.90 bits per heavy atom. The molecule has 2 N–H and O–H groups in total. The Balaban J connectivity index is 2.05. The van der Waals surface area contributed by atoms with Gasteiger partial charge in [0.05, 0.1) is 0 Å². The molecule has 5 heteroatoms.